The zero-order valence-corrected chi connectivity index (χ0v) is 11.4. The van der Waals surface area contributed by atoms with Crippen LogP contribution in [0.4, 0.5) is 5.82 Å². The lowest BCUT2D eigenvalue weighted by Gasteiger charge is -2.05. The van der Waals surface area contributed by atoms with Gasteiger partial charge in [0.1, 0.15) is 10.7 Å². The van der Waals surface area contributed by atoms with Gasteiger partial charge >= 0.3 is 0 Å². The summed E-state index contributed by atoms with van der Waals surface area (Å²) < 4.78 is 0. The fourth-order valence-corrected chi connectivity index (χ4v) is 2.58. The summed E-state index contributed by atoms with van der Waals surface area (Å²) in [4.78, 5) is 21.3. The van der Waals surface area contributed by atoms with E-state index in [1.807, 2.05) is 32.9 Å². The zero-order chi connectivity index (χ0) is 13.1. The number of amides is 1. The molecule has 0 aromatic carbocycles. The molecule has 94 valence electrons. The van der Waals surface area contributed by atoms with Crippen molar-refractivity contribution in [2.45, 2.75) is 26.7 Å². The van der Waals surface area contributed by atoms with Gasteiger partial charge in [-0.15, -0.1) is 11.3 Å². The summed E-state index contributed by atoms with van der Waals surface area (Å²) in [7, 11) is 0. The van der Waals surface area contributed by atoms with Gasteiger partial charge < -0.3 is 5.32 Å². The number of anilines is 1. The van der Waals surface area contributed by atoms with Crippen LogP contribution in [0.1, 0.15) is 40.1 Å². The van der Waals surface area contributed by atoms with Gasteiger partial charge in [0.05, 0.1) is 10.7 Å². The second-order valence-electron chi connectivity index (χ2n) is 4.27. The molecular weight excluding hydrogens is 246 g/mol. The van der Waals surface area contributed by atoms with Crippen molar-refractivity contribution in [1.29, 1.82) is 0 Å². The molecule has 18 heavy (non-hydrogen) atoms. The summed E-state index contributed by atoms with van der Waals surface area (Å²) in [5.74, 6) is 0.658. The van der Waals surface area contributed by atoms with Gasteiger partial charge in [-0.2, -0.15) is 0 Å². The maximum atomic E-state index is 12.2. The predicted molar refractivity (Wildman–Crippen MR) is 73.1 cm³/mol. The number of nitrogens with zero attached hydrogens (tertiary/aromatic N) is 2. The fraction of sp³-hybridized carbons (Fsp3) is 0.308. The van der Waals surface area contributed by atoms with Crippen LogP contribution in [0.5, 0.6) is 0 Å². The number of pyridine rings is 1. The third-order valence-electron chi connectivity index (χ3n) is 2.42. The Kier molecular flexibility index (Phi) is 3.72. The number of thiazole rings is 1. The van der Waals surface area contributed by atoms with Crippen LogP contribution in [0, 0.1) is 6.92 Å². The number of hydrogen-bond acceptors (Lipinski definition) is 4. The third kappa shape index (κ3) is 2.73. The van der Waals surface area contributed by atoms with Crippen molar-refractivity contribution in [1.82, 2.24) is 9.97 Å². The summed E-state index contributed by atoms with van der Waals surface area (Å²) in [5, 5.41) is 3.69. The molecule has 0 fully saturated rings. The third-order valence-corrected chi connectivity index (χ3v) is 3.41. The van der Waals surface area contributed by atoms with Crippen LogP contribution in [-0.2, 0) is 0 Å². The Hall–Kier alpha value is -1.75. The normalized spacial score (nSPS) is 10.7. The van der Waals surface area contributed by atoms with Crippen LogP contribution in [0.25, 0.3) is 0 Å². The van der Waals surface area contributed by atoms with Crippen molar-refractivity contribution in [2.75, 3.05) is 5.32 Å². The summed E-state index contributed by atoms with van der Waals surface area (Å²) >= 11 is 1.42. The molecular formula is C13H15N3OS. The van der Waals surface area contributed by atoms with Gasteiger partial charge in [-0.25, -0.2) is 9.97 Å². The quantitative estimate of drug-likeness (QED) is 0.923. The molecule has 4 nitrogen and oxygen atoms in total. The van der Waals surface area contributed by atoms with Crippen molar-refractivity contribution in [3.63, 3.8) is 0 Å². The molecule has 0 atom stereocenters. The van der Waals surface area contributed by atoms with Crippen LogP contribution < -0.4 is 5.32 Å². The Morgan fingerprint density at radius 2 is 2.17 bits per heavy atom. The summed E-state index contributed by atoms with van der Waals surface area (Å²) in [6.07, 6.45) is 1.65. The molecule has 0 spiro atoms. The van der Waals surface area contributed by atoms with Crippen LogP contribution >= 0.6 is 11.3 Å². The minimum Gasteiger partial charge on any atom is -0.306 e. The first-order valence-corrected chi connectivity index (χ1v) is 6.59. The Labute approximate surface area is 110 Å². The molecule has 1 N–H and O–H groups in total. The number of aromatic nitrogens is 2. The Balaban J connectivity index is 2.24. The number of rotatable bonds is 3. The van der Waals surface area contributed by atoms with Gasteiger partial charge in [0.15, 0.2) is 0 Å². The molecule has 0 unspecified atom stereocenters. The first kappa shape index (κ1) is 12.7. The first-order valence-electron chi connectivity index (χ1n) is 5.77. The molecule has 0 saturated heterocycles. The van der Waals surface area contributed by atoms with Crippen LogP contribution in [0.3, 0.4) is 0 Å². The Bertz CT molecular complexity index is 549. The summed E-state index contributed by atoms with van der Waals surface area (Å²) in [6, 6.07) is 5.41. The van der Waals surface area contributed by atoms with E-state index in [-0.39, 0.29) is 11.8 Å². The van der Waals surface area contributed by atoms with E-state index in [1.165, 1.54) is 11.3 Å². The molecule has 2 aromatic heterocycles. The van der Waals surface area contributed by atoms with Crippen molar-refractivity contribution in [3.05, 3.63) is 40.0 Å². The first-order chi connectivity index (χ1) is 8.58. The van der Waals surface area contributed by atoms with E-state index in [1.54, 1.807) is 12.3 Å². The minimum atomic E-state index is -0.136. The molecule has 2 heterocycles. The smallest absolute Gasteiger partial charge is 0.268 e. The van der Waals surface area contributed by atoms with E-state index < -0.39 is 0 Å². The van der Waals surface area contributed by atoms with E-state index in [9.17, 15) is 4.79 Å². The SMILES string of the molecule is Cc1nc(C(C)C)c(C(=O)Nc2ccccn2)s1. The molecule has 0 radical (unpaired) electrons. The van der Waals surface area contributed by atoms with E-state index in [2.05, 4.69) is 15.3 Å². The molecule has 0 bridgehead atoms. The lowest BCUT2D eigenvalue weighted by atomic mass is 10.1. The van der Waals surface area contributed by atoms with Gasteiger partial charge in [-0.1, -0.05) is 19.9 Å². The van der Waals surface area contributed by atoms with E-state index in [0.29, 0.717) is 10.7 Å². The van der Waals surface area contributed by atoms with Crippen LogP contribution in [0.2, 0.25) is 0 Å². The van der Waals surface area contributed by atoms with Gasteiger partial charge in [0, 0.05) is 6.20 Å². The largest absolute Gasteiger partial charge is 0.306 e. The highest BCUT2D eigenvalue weighted by molar-refractivity contribution is 7.13. The van der Waals surface area contributed by atoms with Crippen molar-refractivity contribution < 1.29 is 4.79 Å². The molecule has 1 amide bonds. The lowest BCUT2D eigenvalue weighted by Crippen LogP contribution is -2.13. The molecule has 0 saturated carbocycles. The second-order valence-corrected chi connectivity index (χ2v) is 5.47. The lowest BCUT2D eigenvalue weighted by molar-refractivity contribution is 0.102. The minimum absolute atomic E-state index is 0.136. The highest BCUT2D eigenvalue weighted by atomic mass is 32.1. The van der Waals surface area contributed by atoms with Gasteiger partial charge in [-0.3, -0.25) is 4.79 Å². The standard InChI is InChI=1S/C13H15N3OS/c1-8(2)11-12(18-9(3)15-11)13(17)16-10-6-4-5-7-14-10/h4-8H,1-3H3,(H,14,16,17). The van der Waals surface area contributed by atoms with Gasteiger partial charge in [0.25, 0.3) is 5.91 Å². The van der Waals surface area contributed by atoms with Crippen molar-refractivity contribution in [3.8, 4) is 0 Å². The highest BCUT2D eigenvalue weighted by Gasteiger charge is 2.19. The van der Waals surface area contributed by atoms with Crippen molar-refractivity contribution >= 4 is 23.1 Å². The highest BCUT2D eigenvalue weighted by Crippen LogP contribution is 2.25. The fourth-order valence-electron chi connectivity index (χ4n) is 1.61. The molecule has 0 aliphatic carbocycles. The number of aryl methyl sites for hydroxylation is 1. The number of nitrogens with one attached hydrogen (secondary N) is 1. The average molecular weight is 261 g/mol. The molecule has 0 aliphatic rings. The van der Waals surface area contributed by atoms with E-state index in [0.717, 1.165) is 10.7 Å². The number of hydrogen-bond donors (Lipinski definition) is 1. The average Bonchev–Trinajstić information content (AvgIpc) is 2.73. The van der Waals surface area contributed by atoms with Crippen molar-refractivity contribution in [2.24, 2.45) is 0 Å². The summed E-state index contributed by atoms with van der Waals surface area (Å²) in [5.41, 5.74) is 0.853. The zero-order valence-electron chi connectivity index (χ0n) is 10.6. The molecule has 2 rings (SSSR count). The number of carbonyl (C=O) groups excluding carboxylic acids is 1. The van der Waals surface area contributed by atoms with Gasteiger partial charge in [0.2, 0.25) is 0 Å². The van der Waals surface area contributed by atoms with Crippen LogP contribution in [0.15, 0.2) is 24.4 Å². The molecule has 5 heteroatoms. The topological polar surface area (TPSA) is 54.9 Å². The van der Waals surface area contributed by atoms with Crippen LogP contribution in [-0.4, -0.2) is 15.9 Å². The molecule has 0 aliphatic heterocycles. The van der Waals surface area contributed by atoms with Gasteiger partial charge in [-0.05, 0) is 25.0 Å². The van der Waals surface area contributed by atoms with E-state index in [4.69, 9.17) is 0 Å². The molecule has 2 aromatic rings. The maximum Gasteiger partial charge on any atom is 0.268 e. The Morgan fingerprint density at radius 1 is 1.39 bits per heavy atom. The second kappa shape index (κ2) is 5.27. The monoisotopic (exact) mass is 261 g/mol. The Morgan fingerprint density at radius 3 is 2.78 bits per heavy atom. The maximum absolute atomic E-state index is 12.2. The summed E-state index contributed by atoms with van der Waals surface area (Å²) in [6.45, 7) is 5.98. The number of carbonyl (C=O) groups is 1. The van der Waals surface area contributed by atoms with E-state index >= 15 is 0 Å². The predicted octanol–water partition coefficient (Wildman–Crippen LogP) is 3.22.